The molecule has 0 spiro atoms. The van der Waals surface area contributed by atoms with Gasteiger partial charge in [0.25, 0.3) is 0 Å². The van der Waals surface area contributed by atoms with Crippen molar-refractivity contribution in [2.45, 2.75) is 6.61 Å². The molecule has 0 radical (unpaired) electrons. The number of hydrogen-bond donors (Lipinski definition) is 0. The molecule has 0 unspecified atom stereocenters. The average Bonchev–Trinajstić information content (AvgIpc) is 2.53. The van der Waals surface area contributed by atoms with Gasteiger partial charge in [-0.05, 0) is 18.2 Å². The molecule has 0 aliphatic carbocycles. The van der Waals surface area contributed by atoms with Crippen LogP contribution in [-0.2, 0) is 6.61 Å². The zero-order chi connectivity index (χ0) is 15.2. The van der Waals surface area contributed by atoms with E-state index in [-0.39, 0.29) is 0 Å². The van der Waals surface area contributed by atoms with Crippen molar-refractivity contribution in [3.05, 3.63) is 52.0 Å². The maximum absolute atomic E-state index is 10.9. The highest BCUT2D eigenvalue weighted by Gasteiger charge is 2.14. The molecule has 0 saturated carbocycles. The van der Waals surface area contributed by atoms with Crippen molar-refractivity contribution in [3.8, 4) is 17.2 Å². The van der Waals surface area contributed by atoms with Gasteiger partial charge in [0.1, 0.15) is 12.9 Å². The molecular formula is C16H15BrO4. The number of rotatable bonds is 6. The Morgan fingerprint density at radius 2 is 1.71 bits per heavy atom. The zero-order valence-corrected chi connectivity index (χ0v) is 13.3. The van der Waals surface area contributed by atoms with Crippen LogP contribution in [0.3, 0.4) is 0 Å². The summed E-state index contributed by atoms with van der Waals surface area (Å²) >= 11 is 3.47. The van der Waals surface area contributed by atoms with Crippen LogP contribution in [0.1, 0.15) is 15.9 Å². The van der Waals surface area contributed by atoms with Crippen molar-refractivity contribution in [1.82, 2.24) is 0 Å². The van der Waals surface area contributed by atoms with Gasteiger partial charge >= 0.3 is 0 Å². The number of aldehydes is 1. The molecule has 0 bridgehead atoms. The first kappa shape index (κ1) is 15.4. The summed E-state index contributed by atoms with van der Waals surface area (Å²) in [5.74, 6) is 1.40. The van der Waals surface area contributed by atoms with Crippen LogP contribution in [-0.4, -0.2) is 20.5 Å². The van der Waals surface area contributed by atoms with Crippen LogP contribution in [0.15, 0.2) is 40.9 Å². The minimum absolute atomic E-state index is 0.356. The van der Waals surface area contributed by atoms with Crippen LogP contribution < -0.4 is 14.2 Å². The average molecular weight is 351 g/mol. The van der Waals surface area contributed by atoms with Crippen molar-refractivity contribution in [2.24, 2.45) is 0 Å². The summed E-state index contributed by atoms with van der Waals surface area (Å²) in [7, 11) is 3.04. The van der Waals surface area contributed by atoms with Gasteiger partial charge in [-0.15, -0.1) is 0 Å². The molecule has 0 saturated heterocycles. The van der Waals surface area contributed by atoms with Gasteiger partial charge in [0.2, 0.25) is 5.75 Å². The Labute approximate surface area is 131 Å². The van der Waals surface area contributed by atoms with E-state index in [1.807, 2.05) is 24.3 Å². The normalized spacial score (nSPS) is 10.0. The predicted molar refractivity (Wildman–Crippen MR) is 83.4 cm³/mol. The van der Waals surface area contributed by atoms with Gasteiger partial charge in [0.15, 0.2) is 11.5 Å². The Bertz CT molecular complexity index is 615. The van der Waals surface area contributed by atoms with E-state index in [9.17, 15) is 4.79 Å². The van der Waals surface area contributed by atoms with Crippen molar-refractivity contribution in [3.63, 3.8) is 0 Å². The summed E-state index contributed by atoms with van der Waals surface area (Å²) in [6.45, 7) is 0.356. The molecule has 4 nitrogen and oxygen atoms in total. The second-order valence-corrected chi connectivity index (χ2v) is 5.11. The lowest BCUT2D eigenvalue weighted by molar-refractivity contribution is 0.112. The SMILES string of the molecule is COc1cc(C=O)cc(OC)c1OCc1ccccc1Br. The van der Waals surface area contributed by atoms with Crippen LogP contribution in [0.5, 0.6) is 17.2 Å². The zero-order valence-electron chi connectivity index (χ0n) is 11.8. The molecule has 2 aromatic carbocycles. The van der Waals surface area contributed by atoms with Gasteiger partial charge < -0.3 is 14.2 Å². The Kier molecular flexibility index (Phi) is 5.22. The fraction of sp³-hybridized carbons (Fsp3) is 0.188. The molecule has 5 heteroatoms. The number of ether oxygens (including phenoxy) is 3. The molecule has 110 valence electrons. The minimum atomic E-state index is 0.356. The number of carbonyl (C=O) groups is 1. The van der Waals surface area contributed by atoms with E-state index in [0.29, 0.717) is 29.4 Å². The van der Waals surface area contributed by atoms with E-state index < -0.39 is 0 Å². The molecule has 2 rings (SSSR count). The molecule has 0 aliphatic heterocycles. The van der Waals surface area contributed by atoms with Gasteiger partial charge in [-0.3, -0.25) is 4.79 Å². The number of halogens is 1. The second-order valence-electron chi connectivity index (χ2n) is 4.25. The summed E-state index contributed by atoms with van der Waals surface area (Å²) in [6.07, 6.45) is 0.739. The Hall–Kier alpha value is -2.01. The van der Waals surface area contributed by atoms with Crippen LogP contribution in [0.4, 0.5) is 0 Å². The summed E-state index contributed by atoms with van der Waals surface area (Å²) in [6, 6.07) is 11.0. The summed E-state index contributed by atoms with van der Waals surface area (Å²) < 4.78 is 17.3. The van der Waals surface area contributed by atoms with Crippen LogP contribution in [0.25, 0.3) is 0 Å². The lowest BCUT2D eigenvalue weighted by atomic mass is 10.2. The smallest absolute Gasteiger partial charge is 0.203 e. The van der Waals surface area contributed by atoms with E-state index in [2.05, 4.69) is 15.9 Å². The minimum Gasteiger partial charge on any atom is -0.493 e. The van der Waals surface area contributed by atoms with Gasteiger partial charge in [-0.2, -0.15) is 0 Å². The second kappa shape index (κ2) is 7.13. The van der Waals surface area contributed by atoms with Crippen molar-refractivity contribution < 1.29 is 19.0 Å². The van der Waals surface area contributed by atoms with Gasteiger partial charge in [-0.25, -0.2) is 0 Å². The van der Waals surface area contributed by atoms with E-state index in [0.717, 1.165) is 16.3 Å². The third kappa shape index (κ3) is 3.55. The highest BCUT2D eigenvalue weighted by molar-refractivity contribution is 9.10. The summed E-state index contributed by atoms with van der Waals surface area (Å²) in [5.41, 5.74) is 1.47. The van der Waals surface area contributed by atoms with Crippen molar-refractivity contribution in [1.29, 1.82) is 0 Å². The molecule has 0 fully saturated rings. The summed E-state index contributed by atoms with van der Waals surface area (Å²) in [5, 5.41) is 0. The maximum atomic E-state index is 10.9. The molecule has 0 N–H and O–H groups in total. The molecule has 0 heterocycles. The maximum Gasteiger partial charge on any atom is 0.203 e. The Morgan fingerprint density at radius 3 is 2.24 bits per heavy atom. The van der Waals surface area contributed by atoms with E-state index in [1.165, 1.54) is 14.2 Å². The fourth-order valence-electron chi connectivity index (χ4n) is 1.88. The van der Waals surface area contributed by atoms with E-state index in [1.54, 1.807) is 12.1 Å². The molecule has 0 aliphatic rings. The standard InChI is InChI=1S/C16H15BrO4/c1-19-14-7-11(9-18)8-15(20-2)16(14)21-10-12-5-3-4-6-13(12)17/h3-9H,10H2,1-2H3. The molecule has 0 aromatic heterocycles. The monoisotopic (exact) mass is 350 g/mol. The van der Waals surface area contributed by atoms with E-state index in [4.69, 9.17) is 14.2 Å². The van der Waals surface area contributed by atoms with Gasteiger partial charge in [0, 0.05) is 15.6 Å². The topological polar surface area (TPSA) is 44.8 Å². The first-order valence-electron chi connectivity index (χ1n) is 6.27. The first-order valence-corrected chi connectivity index (χ1v) is 7.06. The van der Waals surface area contributed by atoms with Crippen LogP contribution in [0, 0.1) is 0 Å². The number of hydrogen-bond acceptors (Lipinski definition) is 4. The molecule has 0 amide bonds. The predicted octanol–water partition coefficient (Wildman–Crippen LogP) is 3.86. The molecule has 21 heavy (non-hydrogen) atoms. The molecule has 0 atom stereocenters. The summed E-state index contributed by atoms with van der Waals surface area (Å²) in [4.78, 5) is 10.9. The van der Waals surface area contributed by atoms with Crippen LogP contribution in [0.2, 0.25) is 0 Å². The van der Waals surface area contributed by atoms with E-state index >= 15 is 0 Å². The number of methoxy groups -OCH3 is 2. The quantitative estimate of drug-likeness (QED) is 0.742. The lowest BCUT2D eigenvalue weighted by Crippen LogP contribution is -2.01. The largest absolute Gasteiger partial charge is 0.493 e. The van der Waals surface area contributed by atoms with Crippen molar-refractivity contribution in [2.75, 3.05) is 14.2 Å². The fourth-order valence-corrected chi connectivity index (χ4v) is 2.28. The number of benzene rings is 2. The number of carbonyl (C=O) groups excluding carboxylic acids is 1. The van der Waals surface area contributed by atoms with Crippen LogP contribution >= 0.6 is 15.9 Å². The lowest BCUT2D eigenvalue weighted by Gasteiger charge is -2.15. The van der Waals surface area contributed by atoms with Crippen molar-refractivity contribution >= 4 is 22.2 Å². The molecular weight excluding hydrogens is 336 g/mol. The highest BCUT2D eigenvalue weighted by Crippen LogP contribution is 2.39. The Balaban J connectivity index is 2.30. The van der Waals surface area contributed by atoms with Gasteiger partial charge in [0.05, 0.1) is 14.2 Å². The van der Waals surface area contributed by atoms with Gasteiger partial charge in [-0.1, -0.05) is 34.1 Å². The third-order valence-corrected chi connectivity index (χ3v) is 3.72. The molecule has 2 aromatic rings. The first-order chi connectivity index (χ1) is 10.2. The third-order valence-electron chi connectivity index (χ3n) is 2.95. The Morgan fingerprint density at radius 1 is 1.10 bits per heavy atom. The highest BCUT2D eigenvalue weighted by atomic mass is 79.9.